The van der Waals surface area contributed by atoms with E-state index in [1.807, 2.05) is 0 Å². The van der Waals surface area contributed by atoms with E-state index >= 15 is 0 Å². The van der Waals surface area contributed by atoms with E-state index in [4.69, 9.17) is 16.3 Å². The van der Waals surface area contributed by atoms with Gasteiger partial charge in [-0.1, -0.05) is 35.9 Å². The molecule has 0 fully saturated rings. The third kappa shape index (κ3) is 3.07. The maximum Gasteiger partial charge on any atom is 0.276 e. The number of nitro benzene ring substituents is 1. The molecule has 1 N–H and O–H groups in total. The molecule has 0 amide bonds. The zero-order chi connectivity index (χ0) is 14.5. The quantitative estimate of drug-likeness (QED) is 0.678. The molecule has 20 heavy (non-hydrogen) atoms. The first-order valence-corrected chi connectivity index (χ1v) is 6.24. The highest BCUT2D eigenvalue weighted by Crippen LogP contribution is 2.30. The molecular weight excluding hydrogens is 282 g/mol. The standard InChI is InChI=1S/C14H12ClNO4/c15-12-6-3-5-10(8-17)14(12)20-9-11-4-1-2-7-13(11)16(18)19/h1-7,17H,8-9H2. The number of para-hydroxylation sites is 2. The van der Waals surface area contributed by atoms with E-state index in [0.717, 1.165) is 0 Å². The first-order valence-electron chi connectivity index (χ1n) is 5.87. The van der Waals surface area contributed by atoms with Crippen LogP contribution in [0, 0.1) is 10.1 Å². The van der Waals surface area contributed by atoms with Crippen molar-refractivity contribution in [2.75, 3.05) is 0 Å². The molecule has 104 valence electrons. The van der Waals surface area contributed by atoms with Crippen LogP contribution in [0.2, 0.25) is 5.02 Å². The van der Waals surface area contributed by atoms with Crippen molar-refractivity contribution in [1.29, 1.82) is 0 Å². The number of hydrogen-bond acceptors (Lipinski definition) is 4. The molecule has 0 radical (unpaired) electrons. The number of benzene rings is 2. The molecule has 0 heterocycles. The second kappa shape index (κ2) is 6.36. The maximum absolute atomic E-state index is 10.9. The van der Waals surface area contributed by atoms with Crippen molar-refractivity contribution in [2.45, 2.75) is 13.2 Å². The third-order valence-electron chi connectivity index (χ3n) is 2.78. The van der Waals surface area contributed by atoms with Gasteiger partial charge in [0, 0.05) is 11.6 Å². The lowest BCUT2D eigenvalue weighted by molar-refractivity contribution is -0.385. The van der Waals surface area contributed by atoms with Crippen molar-refractivity contribution in [3.8, 4) is 5.75 Å². The molecule has 0 aliphatic heterocycles. The van der Waals surface area contributed by atoms with Crippen LogP contribution in [0.15, 0.2) is 42.5 Å². The van der Waals surface area contributed by atoms with Crippen LogP contribution in [0.4, 0.5) is 5.69 Å². The average Bonchev–Trinajstić information content (AvgIpc) is 2.46. The summed E-state index contributed by atoms with van der Waals surface area (Å²) in [6, 6.07) is 11.3. The summed E-state index contributed by atoms with van der Waals surface area (Å²) in [5.41, 5.74) is 0.975. The number of hydrogen-bond donors (Lipinski definition) is 1. The highest BCUT2D eigenvalue weighted by molar-refractivity contribution is 6.32. The van der Waals surface area contributed by atoms with E-state index < -0.39 is 4.92 Å². The number of rotatable bonds is 5. The second-order valence-corrected chi connectivity index (χ2v) is 4.47. The summed E-state index contributed by atoms with van der Waals surface area (Å²) in [6.45, 7) is -0.208. The van der Waals surface area contributed by atoms with Gasteiger partial charge in [-0.3, -0.25) is 10.1 Å². The molecule has 0 bridgehead atoms. The van der Waals surface area contributed by atoms with Gasteiger partial charge < -0.3 is 9.84 Å². The zero-order valence-corrected chi connectivity index (χ0v) is 11.2. The minimum atomic E-state index is -0.460. The van der Waals surface area contributed by atoms with Crippen molar-refractivity contribution in [2.24, 2.45) is 0 Å². The Morgan fingerprint density at radius 2 is 1.85 bits per heavy atom. The Morgan fingerprint density at radius 1 is 1.15 bits per heavy atom. The van der Waals surface area contributed by atoms with Gasteiger partial charge in [0.1, 0.15) is 12.4 Å². The first-order chi connectivity index (χ1) is 9.63. The van der Waals surface area contributed by atoms with Gasteiger partial charge in [-0.05, 0) is 12.1 Å². The summed E-state index contributed by atoms with van der Waals surface area (Å²) >= 11 is 6.01. The Kier molecular flexibility index (Phi) is 4.55. The fraction of sp³-hybridized carbons (Fsp3) is 0.143. The van der Waals surface area contributed by atoms with Crippen molar-refractivity contribution in [3.05, 3.63) is 68.7 Å². The van der Waals surface area contributed by atoms with Gasteiger partial charge in [0.05, 0.1) is 22.1 Å². The Balaban J connectivity index is 2.24. The summed E-state index contributed by atoms with van der Waals surface area (Å²) in [5.74, 6) is 0.342. The van der Waals surface area contributed by atoms with Gasteiger partial charge in [-0.25, -0.2) is 0 Å². The summed E-state index contributed by atoms with van der Waals surface area (Å²) < 4.78 is 5.54. The highest BCUT2D eigenvalue weighted by Gasteiger charge is 2.14. The summed E-state index contributed by atoms with van der Waals surface area (Å²) in [4.78, 5) is 10.4. The predicted octanol–water partition coefficient (Wildman–Crippen LogP) is 3.32. The lowest BCUT2D eigenvalue weighted by Gasteiger charge is -2.11. The Labute approximate surface area is 120 Å². The fourth-order valence-corrected chi connectivity index (χ4v) is 2.05. The number of nitrogens with zero attached hydrogens (tertiary/aromatic N) is 1. The molecule has 0 saturated heterocycles. The van der Waals surface area contributed by atoms with Gasteiger partial charge in [0.15, 0.2) is 0 Å². The minimum absolute atomic E-state index is 0.00782. The Bertz CT molecular complexity index is 630. The van der Waals surface area contributed by atoms with E-state index in [0.29, 0.717) is 21.9 Å². The van der Waals surface area contributed by atoms with Gasteiger partial charge in [-0.2, -0.15) is 0 Å². The Hall–Kier alpha value is -2.11. The minimum Gasteiger partial charge on any atom is -0.487 e. The molecule has 0 aromatic heterocycles. The van der Waals surface area contributed by atoms with Gasteiger partial charge >= 0.3 is 0 Å². The lowest BCUT2D eigenvalue weighted by atomic mass is 10.2. The Morgan fingerprint density at radius 3 is 2.55 bits per heavy atom. The van der Waals surface area contributed by atoms with Crippen LogP contribution in [0.3, 0.4) is 0 Å². The molecule has 0 atom stereocenters. The zero-order valence-electron chi connectivity index (χ0n) is 10.5. The largest absolute Gasteiger partial charge is 0.487 e. The van der Waals surface area contributed by atoms with Gasteiger partial charge in [0.2, 0.25) is 0 Å². The van der Waals surface area contributed by atoms with Crippen LogP contribution in [0.1, 0.15) is 11.1 Å². The number of halogens is 1. The predicted molar refractivity (Wildman–Crippen MR) is 74.8 cm³/mol. The van der Waals surface area contributed by atoms with Crippen molar-refractivity contribution >= 4 is 17.3 Å². The molecule has 0 spiro atoms. The summed E-state index contributed by atoms with van der Waals surface area (Å²) in [7, 11) is 0. The lowest BCUT2D eigenvalue weighted by Crippen LogP contribution is -2.02. The van der Waals surface area contributed by atoms with E-state index in [1.54, 1.807) is 36.4 Å². The fourth-order valence-electron chi connectivity index (χ4n) is 1.80. The number of aliphatic hydroxyl groups excluding tert-OH is 1. The normalized spacial score (nSPS) is 10.3. The smallest absolute Gasteiger partial charge is 0.276 e. The van der Waals surface area contributed by atoms with Crippen molar-refractivity contribution in [3.63, 3.8) is 0 Å². The number of aliphatic hydroxyl groups is 1. The van der Waals surface area contributed by atoms with E-state index in [9.17, 15) is 15.2 Å². The second-order valence-electron chi connectivity index (χ2n) is 4.06. The van der Waals surface area contributed by atoms with E-state index in [2.05, 4.69) is 0 Å². The summed E-state index contributed by atoms with van der Waals surface area (Å²) in [6.07, 6.45) is 0. The van der Waals surface area contributed by atoms with Gasteiger partial charge in [0.25, 0.3) is 5.69 Å². The van der Waals surface area contributed by atoms with Crippen LogP contribution in [0.5, 0.6) is 5.75 Å². The van der Waals surface area contributed by atoms with Crippen LogP contribution < -0.4 is 4.74 Å². The molecule has 2 aromatic carbocycles. The first kappa shape index (κ1) is 14.3. The average molecular weight is 294 g/mol. The maximum atomic E-state index is 10.9. The molecule has 0 unspecified atom stereocenters. The molecule has 2 aromatic rings. The van der Waals surface area contributed by atoms with Crippen molar-refractivity contribution < 1.29 is 14.8 Å². The van der Waals surface area contributed by atoms with Gasteiger partial charge in [-0.15, -0.1) is 0 Å². The molecule has 0 aliphatic rings. The molecular formula is C14H12ClNO4. The monoisotopic (exact) mass is 293 g/mol. The van der Waals surface area contributed by atoms with Crippen LogP contribution in [-0.2, 0) is 13.2 Å². The molecule has 0 aliphatic carbocycles. The highest BCUT2D eigenvalue weighted by atomic mass is 35.5. The van der Waals surface area contributed by atoms with Crippen LogP contribution >= 0.6 is 11.6 Å². The van der Waals surface area contributed by atoms with Crippen LogP contribution in [0.25, 0.3) is 0 Å². The van der Waals surface area contributed by atoms with E-state index in [-0.39, 0.29) is 18.9 Å². The van der Waals surface area contributed by atoms with E-state index in [1.165, 1.54) is 6.07 Å². The van der Waals surface area contributed by atoms with Crippen LogP contribution in [-0.4, -0.2) is 10.0 Å². The third-order valence-corrected chi connectivity index (χ3v) is 3.08. The molecule has 2 rings (SSSR count). The number of nitro groups is 1. The molecule has 5 nitrogen and oxygen atoms in total. The molecule has 6 heteroatoms. The van der Waals surface area contributed by atoms with Crippen molar-refractivity contribution in [1.82, 2.24) is 0 Å². The molecule has 0 saturated carbocycles. The SMILES string of the molecule is O=[N+]([O-])c1ccccc1COc1c(Cl)cccc1CO. The topological polar surface area (TPSA) is 72.6 Å². The number of ether oxygens (including phenoxy) is 1. The summed E-state index contributed by atoms with van der Waals surface area (Å²) in [5, 5.41) is 20.5.